The van der Waals surface area contributed by atoms with Crippen LogP contribution in [-0.4, -0.2) is 23.8 Å². The molecule has 1 amide bonds. The van der Waals surface area contributed by atoms with Crippen LogP contribution in [0.3, 0.4) is 0 Å². The van der Waals surface area contributed by atoms with E-state index in [1.54, 1.807) is 0 Å². The van der Waals surface area contributed by atoms with Crippen LogP contribution in [0.25, 0.3) is 11.1 Å². The van der Waals surface area contributed by atoms with Gasteiger partial charge in [-0.25, -0.2) is 9.18 Å². The maximum absolute atomic E-state index is 13.8. The first-order chi connectivity index (χ1) is 16.1. The number of halogens is 4. The van der Waals surface area contributed by atoms with Gasteiger partial charge < -0.3 is 15.2 Å². The molecule has 0 bridgehead atoms. The average Bonchev–Trinajstić information content (AvgIpc) is 3.10. The van der Waals surface area contributed by atoms with Crippen LogP contribution in [0, 0.1) is 5.82 Å². The van der Waals surface area contributed by atoms with E-state index in [0.717, 1.165) is 28.3 Å². The van der Waals surface area contributed by atoms with E-state index in [2.05, 4.69) is 5.32 Å². The van der Waals surface area contributed by atoms with Gasteiger partial charge in [0.2, 0.25) is 0 Å². The molecule has 1 aliphatic carbocycles. The average molecular weight is 473 g/mol. The van der Waals surface area contributed by atoms with Crippen molar-refractivity contribution in [1.82, 2.24) is 5.32 Å². The largest absolute Gasteiger partial charge is 0.481 e. The maximum Gasteiger partial charge on any atom is 0.416 e. The number of benzene rings is 3. The number of fused-ring (bicyclic) bond motifs is 3. The van der Waals surface area contributed by atoms with E-state index in [1.807, 2.05) is 48.5 Å². The summed E-state index contributed by atoms with van der Waals surface area (Å²) in [5.41, 5.74) is 2.32. The van der Waals surface area contributed by atoms with Crippen LogP contribution >= 0.6 is 0 Å². The number of hydrogen-bond donors (Lipinski definition) is 2. The van der Waals surface area contributed by atoms with Gasteiger partial charge in [0.15, 0.2) is 0 Å². The number of alkyl halides is 3. The fourth-order valence-electron chi connectivity index (χ4n) is 4.19. The lowest BCUT2D eigenvalue weighted by Crippen LogP contribution is -2.32. The van der Waals surface area contributed by atoms with Crippen LogP contribution < -0.4 is 5.32 Å². The maximum atomic E-state index is 13.8. The Hall–Kier alpha value is -3.88. The SMILES string of the molecule is O=C(O)C[C@@H](NC(=O)OCC1c2ccccc2-c2ccccc21)c1cc(F)cc(C(F)(F)F)c1. The molecule has 0 unspecified atom stereocenters. The molecule has 0 aromatic heterocycles. The predicted molar refractivity (Wildman–Crippen MR) is 115 cm³/mol. The van der Waals surface area contributed by atoms with Gasteiger partial charge in [0.05, 0.1) is 18.0 Å². The van der Waals surface area contributed by atoms with E-state index in [9.17, 15) is 27.2 Å². The van der Waals surface area contributed by atoms with Crippen LogP contribution in [0.5, 0.6) is 0 Å². The molecule has 0 spiro atoms. The summed E-state index contributed by atoms with van der Waals surface area (Å²) in [6.45, 7) is -0.0728. The highest BCUT2D eigenvalue weighted by molar-refractivity contribution is 5.79. The molecule has 0 radical (unpaired) electrons. The Morgan fingerprint density at radius 1 is 0.971 bits per heavy atom. The van der Waals surface area contributed by atoms with Crippen molar-refractivity contribution in [2.45, 2.75) is 24.6 Å². The van der Waals surface area contributed by atoms with Crippen molar-refractivity contribution in [3.63, 3.8) is 0 Å². The van der Waals surface area contributed by atoms with Crippen molar-refractivity contribution >= 4 is 12.1 Å². The number of hydrogen-bond acceptors (Lipinski definition) is 3. The number of nitrogens with one attached hydrogen (secondary N) is 1. The van der Waals surface area contributed by atoms with Crippen LogP contribution in [0.15, 0.2) is 66.7 Å². The molecule has 34 heavy (non-hydrogen) atoms. The zero-order chi connectivity index (χ0) is 24.5. The molecule has 1 atom stereocenters. The first-order valence-electron chi connectivity index (χ1n) is 10.3. The van der Waals surface area contributed by atoms with E-state index in [-0.39, 0.29) is 18.1 Å². The number of amides is 1. The molecule has 3 aromatic carbocycles. The molecule has 3 aromatic rings. The molecule has 0 saturated carbocycles. The van der Waals surface area contributed by atoms with Gasteiger partial charge in [0, 0.05) is 5.92 Å². The minimum absolute atomic E-state index is 0.0728. The minimum atomic E-state index is -4.84. The fourth-order valence-corrected chi connectivity index (χ4v) is 4.19. The zero-order valence-corrected chi connectivity index (χ0v) is 17.6. The Morgan fingerprint density at radius 3 is 2.12 bits per heavy atom. The third-order valence-corrected chi connectivity index (χ3v) is 5.66. The van der Waals surface area contributed by atoms with Gasteiger partial charge in [-0.3, -0.25) is 4.79 Å². The van der Waals surface area contributed by atoms with Gasteiger partial charge in [0.25, 0.3) is 0 Å². The molecule has 1 aliphatic rings. The van der Waals surface area contributed by atoms with Crippen molar-refractivity contribution < 1.29 is 37.0 Å². The monoisotopic (exact) mass is 473 g/mol. The summed E-state index contributed by atoms with van der Waals surface area (Å²) >= 11 is 0. The second-order valence-electron chi connectivity index (χ2n) is 7.89. The Balaban J connectivity index is 1.52. The molecular formula is C25H19F4NO4. The number of carboxylic acid groups (broad SMARTS) is 1. The van der Waals surface area contributed by atoms with E-state index in [1.165, 1.54) is 0 Å². The van der Waals surface area contributed by atoms with Crippen molar-refractivity contribution in [2.24, 2.45) is 0 Å². The second-order valence-corrected chi connectivity index (χ2v) is 7.89. The lowest BCUT2D eigenvalue weighted by Gasteiger charge is -2.20. The Bertz CT molecular complexity index is 1200. The molecule has 0 heterocycles. The summed E-state index contributed by atoms with van der Waals surface area (Å²) in [7, 11) is 0. The summed E-state index contributed by atoms with van der Waals surface area (Å²) in [5, 5.41) is 11.4. The van der Waals surface area contributed by atoms with E-state index in [4.69, 9.17) is 9.84 Å². The second kappa shape index (κ2) is 9.17. The molecule has 9 heteroatoms. The van der Waals surface area contributed by atoms with Gasteiger partial charge in [-0.1, -0.05) is 48.5 Å². The fraction of sp³-hybridized carbons (Fsp3) is 0.200. The summed E-state index contributed by atoms with van der Waals surface area (Å²) in [6, 6.07) is 15.5. The first kappa shape index (κ1) is 23.3. The molecule has 0 saturated heterocycles. The topological polar surface area (TPSA) is 75.6 Å². The molecule has 2 N–H and O–H groups in total. The van der Waals surface area contributed by atoms with Crippen LogP contribution in [0.1, 0.15) is 40.6 Å². The highest BCUT2D eigenvalue weighted by atomic mass is 19.4. The quantitative estimate of drug-likeness (QED) is 0.437. The van der Waals surface area contributed by atoms with Gasteiger partial charge in [-0.2, -0.15) is 13.2 Å². The normalized spacial score (nSPS) is 13.6. The molecule has 176 valence electrons. The summed E-state index contributed by atoms with van der Waals surface area (Å²) in [6.07, 6.45) is -6.62. The number of alkyl carbamates (subject to hydrolysis) is 1. The molecule has 0 aliphatic heterocycles. The van der Waals surface area contributed by atoms with Gasteiger partial charge in [0.1, 0.15) is 12.4 Å². The number of aliphatic carboxylic acids is 1. The Labute approximate surface area is 192 Å². The highest BCUT2D eigenvalue weighted by Crippen LogP contribution is 2.44. The van der Waals surface area contributed by atoms with Crippen molar-refractivity contribution in [2.75, 3.05) is 6.61 Å². The third kappa shape index (κ3) is 4.88. The van der Waals surface area contributed by atoms with Crippen LogP contribution in [-0.2, 0) is 15.7 Å². The molecule has 0 fully saturated rings. The number of ether oxygens (including phenoxy) is 1. The molecule has 4 rings (SSSR count). The number of rotatable bonds is 6. The third-order valence-electron chi connectivity index (χ3n) is 5.66. The lowest BCUT2D eigenvalue weighted by molar-refractivity contribution is -0.138. The van der Waals surface area contributed by atoms with E-state index < -0.39 is 42.1 Å². The Morgan fingerprint density at radius 2 is 1.56 bits per heavy atom. The standard InChI is InChI=1S/C25H19F4NO4/c26-16-10-14(9-15(11-16)25(27,28)29)22(12-23(31)32)30-24(33)34-13-21-19-7-3-1-5-17(19)18-6-2-4-8-20(18)21/h1-11,21-22H,12-13H2,(H,30,33)(H,31,32)/t22-/m1/s1. The summed E-state index contributed by atoms with van der Waals surface area (Å²) < 4.78 is 58.4. The predicted octanol–water partition coefficient (Wildman–Crippen LogP) is 5.90. The number of carbonyl (C=O) groups excluding carboxylic acids is 1. The Kier molecular flexibility index (Phi) is 6.28. The zero-order valence-electron chi connectivity index (χ0n) is 17.6. The smallest absolute Gasteiger partial charge is 0.416 e. The van der Waals surface area contributed by atoms with E-state index in [0.29, 0.717) is 12.1 Å². The lowest BCUT2D eigenvalue weighted by atomic mass is 9.98. The number of carboxylic acids is 1. The minimum Gasteiger partial charge on any atom is -0.481 e. The van der Waals surface area contributed by atoms with E-state index >= 15 is 0 Å². The number of carbonyl (C=O) groups is 2. The molecular weight excluding hydrogens is 454 g/mol. The van der Waals surface area contributed by atoms with Crippen molar-refractivity contribution in [3.05, 3.63) is 94.8 Å². The van der Waals surface area contributed by atoms with Crippen molar-refractivity contribution in [3.8, 4) is 11.1 Å². The summed E-state index contributed by atoms with van der Waals surface area (Å²) in [5.74, 6) is -2.85. The van der Waals surface area contributed by atoms with Gasteiger partial charge in [-0.15, -0.1) is 0 Å². The van der Waals surface area contributed by atoms with Crippen LogP contribution in [0.4, 0.5) is 22.4 Å². The van der Waals surface area contributed by atoms with Crippen molar-refractivity contribution in [1.29, 1.82) is 0 Å². The first-order valence-corrected chi connectivity index (χ1v) is 10.3. The van der Waals surface area contributed by atoms with Gasteiger partial charge >= 0.3 is 18.2 Å². The highest BCUT2D eigenvalue weighted by Gasteiger charge is 2.33. The molecule has 5 nitrogen and oxygen atoms in total. The van der Waals surface area contributed by atoms with Crippen LogP contribution in [0.2, 0.25) is 0 Å². The van der Waals surface area contributed by atoms with Gasteiger partial charge in [-0.05, 0) is 46.0 Å². The summed E-state index contributed by atoms with van der Waals surface area (Å²) in [4.78, 5) is 23.8.